The molecule has 0 saturated carbocycles. The minimum atomic E-state index is -0.379. The zero-order chi connectivity index (χ0) is 22.7. The van der Waals surface area contributed by atoms with Crippen molar-refractivity contribution >= 4 is 34.6 Å². The highest BCUT2D eigenvalue weighted by atomic mass is 32.2. The second kappa shape index (κ2) is 9.40. The Hall–Kier alpha value is -3.39. The molecule has 7 nitrogen and oxygen atoms in total. The smallest absolute Gasteiger partial charge is 0.286 e. The zero-order valence-corrected chi connectivity index (χ0v) is 18.6. The van der Waals surface area contributed by atoms with Crippen molar-refractivity contribution in [3.05, 3.63) is 71.5 Å². The van der Waals surface area contributed by atoms with Crippen LogP contribution >= 0.6 is 11.8 Å². The Balaban J connectivity index is 1.42. The molecule has 1 N–H and O–H groups in total. The molecule has 0 spiro atoms. The van der Waals surface area contributed by atoms with E-state index in [4.69, 9.17) is 4.42 Å². The third-order valence-corrected chi connectivity index (χ3v) is 6.25. The average Bonchev–Trinajstić information content (AvgIpc) is 3.31. The van der Waals surface area contributed by atoms with E-state index in [1.165, 1.54) is 6.92 Å². The number of nitrogens with zero attached hydrogens (tertiary/aromatic N) is 2. The van der Waals surface area contributed by atoms with Gasteiger partial charge in [0.25, 0.3) is 5.24 Å². The van der Waals surface area contributed by atoms with Crippen molar-refractivity contribution in [2.45, 2.75) is 31.9 Å². The maximum Gasteiger partial charge on any atom is 0.286 e. The fourth-order valence-corrected chi connectivity index (χ4v) is 4.44. The molecular formula is C24H23N3O4S. The third-order valence-electron chi connectivity index (χ3n) is 5.26. The van der Waals surface area contributed by atoms with Gasteiger partial charge in [-0.3, -0.25) is 24.6 Å². The summed E-state index contributed by atoms with van der Waals surface area (Å²) in [4.78, 5) is 41.6. The number of benzene rings is 2. The monoisotopic (exact) mass is 449 g/mol. The number of hydrogen-bond acceptors (Lipinski definition) is 6. The Morgan fingerprint density at radius 2 is 1.78 bits per heavy atom. The Morgan fingerprint density at radius 3 is 2.41 bits per heavy atom. The Morgan fingerprint density at radius 1 is 1.09 bits per heavy atom. The van der Waals surface area contributed by atoms with Crippen LogP contribution in [0.4, 0.5) is 10.6 Å². The van der Waals surface area contributed by atoms with Crippen LogP contribution in [0.2, 0.25) is 0 Å². The van der Waals surface area contributed by atoms with Crippen LogP contribution in [0, 0.1) is 6.92 Å². The molecule has 2 aromatic carbocycles. The molecule has 1 saturated heterocycles. The van der Waals surface area contributed by atoms with Crippen molar-refractivity contribution in [3.8, 4) is 11.5 Å². The van der Waals surface area contributed by atoms with Gasteiger partial charge in [0, 0.05) is 19.0 Å². The number of thioether (sulfide) groups is 1. The second-order valence-corrected chi connectivity index (χ2v) is 8.76. The summed E-state index contributed by atoms with van der Waals surface area (Å²) in [6.07, 6.45) is 1.15. The number of aromatic nitrogens is 1. The molecule has 1 aliphatic heterocycles. The lowest BCUT2D eigenvalue weighted by atomic mass is 10.0. The van der Waals surface area contributed by atoms with Gasteiger partial charge in [-0.05, 0) is 43.0 Å². The lowest BCUT2D eigenvalue weighted by molar-refractivity contribution is -0.119. The van der Waals surface area contributed by atoms with Gasteiger partial charge < -0.3 is 4.42 Å². The largest absolute Gasteiger partial charge is 0.439 e. The summed E-state index contributed by atoms with van der Waals surface area (Å²) in [5.74, 6) is 1.27. The lowest BCUT2D eigenvalue weighted by Gasteiger charge is -2.19. The van der Waals surface area contributed by atoms with Crippen molar-refractivity contribution in [2.24, 2.45) is 0 Å². The standard InChI is InChI=1S/C24H23N3O4S/c1-15-21(25-23(31-15)19-6-4-3-5-7-19)27(16(2)28)13-12-17-8-10-18(11-9-17)14-20-22(29)26-24(30)32-20/h3-11,20H,12-14H2,1-2H3,(H,26,29,30)/t20-/m0/s1. The molecule has 0 radical (unpaired) electrons. The number of carbonyl (C=O) groups is 3. The van der Waals surface area contributed by atoms with Crippen LogP contribution in [0.25, 0.3) is 11.5 Å². The van der Waals surface area contributed by atoms with E-state index in [1.54, 1.807) is 11.8 Å². The van der Waals surface area contributed by atoms with Crippen LogP contribution in [-0.4, -0.2) is 33.8 Å². The van der Waals surface area contributed by atoms with Crippen LogP contribution in [0.5, 0.6) is 0 Å². The average molecular weight is 450 g/mol. The summed E-state index contributed by atoms with van der Waals surface area (Å²) >= 11 is 1.03. The topological polar surface area (TPSA) is 92.5 Å². The SMILES string of the molecule is CC(=O)N(CCc1ccc(C[C@@H]2SC(=O)NC2=O)cc1)c1nc(-c2ccccc2)oc1C. The van der Waals surface area contributed by atoms with E-state index in [0.29, 0.717) is 36.9 Å². The van der Waals surface area contributed by atoms with Gasteiger partial charge in [-0.1, -0.05) is 54.2 Å². The first kappa shape index (κ1) is 21.8. The Kier molecular flexibility index (Phi) is 6.41. The van der Waals surface area contributed by atoms with Gasteiger partial charge in [0.05, 0.1) is 5.25 Å². The lowest BCUT2D eigenvalue weighted by Crippen LogP contribution is -2.31. The van der Waals surface area contributed by atoms with Crippen LogP contribution < -0.4 is 10.2 Å². The van der Waals surface area contributed by atoms with E-state index in [9.17, 15) is 14.4 Å². The van der Waals surface area contributed by atoms with Crippen molar-refractivity contribution in [1.29, 1.82) is 0 Å². The molecule has 1 atom stereocenters. The van der Waals surface area contributed by atoms with Gasteiger partial charge >= 0.3 is 0 Å². The molecule has 4 rings (SSSR count). The number of anilines is 1. The normalized spacial score (nSPS) is 15.6. The molecule has 1 aromatic heterocycles. The van der Waals surface area contributed by atoms with E-state index in [0.717, 1.165) is 28.5 Å². The summed E-state index contributed by atoms with van der Waals surface area (Å²) in [5.41, 5.74) is 2.90. The predicted molar refractivity (Wildman–Crippen MR) is 123 cm³/mol. The molecular weight excluding hydrogens is 426 g/mol. The molecule has 0 unspecified atom stereocenters. The Bertz CT molecular complexity index is 1140. The summed E-state index contributed by atoms with van der Waals surface area (Å²) in [6.45, 7) is 3.79. The van der Waals surface area contributed by atoms with Crippen molar-refractivity contribution in [1.82, 2.24) is 10.3 Å². The number of nitrogens with one attached hydrogen (secondary N) is 1. The molecule has 2 heterocycles. The number of oxazole rings is 1. The summed E-state index contributed by atoms with van der Waals surface area (Å²) < 4.78 is 5.82. The molecule has 0 aliphatic carbocycles. The predicted octanol–water partition coefficient (Wildman–Crippen LogP) is 4.14. The molecule has 164 valence electrons. The van der Waals surface area contributed by atoms with Crippen LogP contribution in [-0.2, 0) is 22.4 Å². The number of aryl methyl sites for hydroxylation is 1. The van der Waals surface area contributed by atoms with E-state index >= 15 is 0 Å². The molecule has 1 aliphatic rings. The Labute approximate surface area is 190 Å². The first-order valence-corrected chi connectivity index (χ1v) is 11.2. The van der Waals surface area contributed by atoms with Crippen molar-refractivity contribution < 1.29 is 18.8 Å². The van der Waals surface area contributed by atoms with Gasteiger partial charge in [0.2, 0.25) is 17.7 Å². The summed E-state index contributed by atoms with van der Waals surface area (Å²) in [5, 5.41) is 1.64. The van der Waals surface area contributed by atoms with Crippen molar-refractivity contribution in [2.75, 3.05) is 11.4 Å². The fourth-order valence-electron chi connectivity index (χ4n) is 3.58. The maximum atomic E-state index is 12.3. The highest BCUT2D eigenvalue weighted by molar-refractivity contribution is 8.15. The summed E-state index contributed by atoms with van der Waals surface area (Å²) in [6, 6.07) is 17.5. The van der Waals surface area contributed by atoms with Gasteiger partial charge in [0.15, 0.2) is 5.82 Å². The third kappa shape index (κ3) is 4.91. The number of rotatable bonds is 7. The van der Waals surface area contributed by atoms with Gasteiger partial charge in [0.1, 0.15) is 5.76 Å². The molecule has 3 aromatic rings. The minimum absolute atomic E-state index is 0.105. The first-order valence-electron chi connectivity index (χ1n) is 10.3. The zero-order valence-electron chi connectivity index (χ0n) is 17.8. The highest BCUT2D eigenvalue weighted by Gasteiger charge is 2.31. The number of carbonyl (C=O) groups excluding carboxylic acids is 3. The minimum Gasteiger partial charge on any atom is -0.439 e. The highest BCUT2D eigenvalue weighted by Crippen LogP contribution is 2.27. The molecule has 3 amide bonds. The van der Waals surface area contributed by atoms with Crippen LogP contribution in [0.15, 0.2) is 59.0 Å². The fraction of sp³-hybridized carbons (Fsp3) is 0.250. The van der Waals surface area contributed by atoms with E-state index in [2.05, 4.69) is 10.3 Å². The van der Waals surface area contributed by atoms with Crippen LogP contribution in [0.3, 0.4) is 0 Å². The number of amides is 3. The van der Waals surface area contributed by atoms with Crippen molar-refractivity contribution in [3.63, 3.8) is 0 Å². The quantitative estimate of drug-likeness (QED) is 0.583. The summed E-state index contributed by atoms with van der Waals surface area (Å²) in [7, 11) is 0. The van der Waals surface area contributed by atoms with E-state index in [-0.39, 0.29) is 22.3 Å². The molecule has 32 heavy (non-hydrogen) atoms. The first-order chi connectivity index (χ1) is 15.4. The number of imide groups is 1. The molecule has 0 bridgehead atoms. The van der Waals surface area contributed by atoms with Gasteiger partial charge in [-0.25, -0.2) is 0 Å². The second-order valence-electron chi connectivity index (χ2n) is 7.59. The molecule has 8 heteroatoms. The van der Waals surface area contributed by atoms with Gasteiger partial charge in [-0.2, -0.15) is 4.98 Å². The molecule has 1 fully saturated rings. The maximum absolute atomic E-state index is 12.3. The van der Waals surface area contributed by atoms with Crippen LogP contribution in [0.1, 0.15) is 23.8 Å². The van der Waals surface area contributed by atoms with E-state index in [1.807, 2.05) is 54.6 Å². The van der Waals surface area contributed by atoms with Gasteiger partial charge in [-0.15, -0.1) is 0 Å². The number of hydrogen-bond donors (Lipinski definition) is 1. The van der Waals surface area contributed by atoms with E-state index < -0.39 is 0 Å².